The third-order valence-electron chi connectivity index (χ3n) is 19.9. The van der Waals surface area contributed by atoms with Crippen LogP contribution < -0.4 is 53.8 Å². The number of benzene rings is 2. The van der Waals surface area contributed by atoms with Gasteiger partial charge in [-0.25, -0.2) is 14.2 Å². The summed E-state index contributed by atoms with van der Waals surface area (Å²) in [4.78, 5) is 175. The van der Waals surface area contributed by atoms with Crippen molar-refractivity contribution in [2.75, 3.05) is 39.5 Å². The number of pyridine rings is 2. The second-order valence-electron chi connectivity index (χ2n) is 26.6. The largest absolute Gasteiger partial charge is 0.458 e. The number of aryl methyl sites for hydroxylation is 1. The third-order valence-corrected chi connectivity index (χ3v) is 19.9. The van der Waals surface area contributed by atoms with E-state index in [0.29, 0.717) is 90.3 Å². The Morgan fingerprint density at radius 1 is 0.780 bits per heavy atom. The van der Waals surface area contributed by atoms with Gasteiger partial charge >= 0.3 is 5.97 Å². The molecule has 11 amide bonds. The standard InChI is InChI=1S/C68H79FN12O19/c1-3-68(97)39-21-45-58-37(28-81(45)63(94)38(39)29-98-65(68)96)57-41(14-13-36-34(2)40(69)22-43(78-58)56(36)57)79-64(95)66-30-67(31-66,32-66)99-33-75-52(86)26-74-62(93)44(20-35-10-6-4-7-11-35)77-53(87)27-72-51(85)25-73-61(92)42(76-50(84)12-8-5-9-19-80-54(88)17-18-55(80)89)15-16-49(83)71-24-47-60(91)59(90)46(100-47)23-48(70)82/h4,6-7,10-11,17-18,21-22,41-42,44,46-47,59-60,90-91,97H,3,5,8-9,12-16,19-20,23-33H2,1-2H3,(H2,70,82)(H,71,83)(H,72,85)(H,73,92)(H,74,93)(H,75,86)(H,76,84)(H,77,87)(H,79,95)/t41-,42-,44-,46-,47+,59-,60+,66?,67?,68-/m0/s1. The van der Waals surface area contributed by atoms with Crippen LogP contribution in [0.5, 0.6) is 0 Å². The minimum Gasteiger partial charge on any atom is -0.458 e. The van der Waals surface area contributed by atoms with Crippen LogP contribution in [0.25, 0.3) is 22.3 Å². The van der Waals surface area contributed by atoms with Crippen LogP contribution in [0, 0.1) is 18.2 Å². The number of ether oxygens (including phenoxy) is 3. The number of fused-ring (bicyclic) bond motifs is 5. The summed E-state index contributed by atoms with van der Waals surface area (Å²) in [7, 11) is 0. The number of carbonyl (C=O) groups excluding carboxylic acids is 12. The monoisotopic (exact) mass is 1390 g/mol. The second kappa shape index (κ2) is 29.5. The van der Waals surface area contributed by atoms with Crippen LogP contribution in [0.3, 0.4) is 0 Å². The van der Waals surface area contributed by atoms with Gasteiger partial charge in [0.25, 0.3) is 17.4 Å². The molecule has 6 heterocycles. The minimum absolute atomic E-state index is 0.0312. The lowest BCUT2D eigenvalue weighted by Crippen LogP contribution is -2.73. The van der Waals surface area contributed by atoms with E-state index in [0.717, 1.165) is 28.2 Å². The van der Waals surface area contributed by atoms with Crippen LogP contribution in [-0.4, -0.2) is 182 Å². The van der Waals surface area contributed by atoms with Crippen LogP contribution in [0.2, 0.25) is 0 Å². The van der Waals surface area contributed by atoms with E-state index in [-0.39, 0.29) is 88.5 Å². The van der Waals surface area contributed by atoms with Gasteiger partial charge in [0.05, 0.1) is 78.2 Å². The van der Waals surface area contributed by atoms with Crippen molar-refractivity contribution in [3.8, 4) is 11.4 Å². The predicted octanol–water partition coefficient (Wildman–Crippen LogP) is -2.05. The summed E-state index contributed by atoms with van der Waals surface area (Å²) in [5.41, 5.74) is 5.78. The zero-order valence-electron chi connectivity index (χ0n) is 55.0. The van der Waals surface area contributed by atoms with Gasteiger partial charge in [0, 0.05) is 67.1 Å². The highest BCUT2D eigenvalue weighted by atomic mass is 19.1. The van der Waals surface area contributed by atoms with E-state index in [4.69, 9.17) is 24.9 Å². The highest BCUT2D eigenvalue weighted by molar-refractivity contribution is 6.13. The molecule has 4 fully saturated rings. The maximum Gasteiger partial charge on any atom is 0.343 e. The Morgan fingerprint density at radius 3 is 2.15 bits per heavy atom. The lowest BCUT2D eigenvalue weighted by Gasteiger charge is -2.68. The average Bonchev–Trinajstić information content (AvgIpc) is 0.772. The molecular formula is C68H79FN12O19. The van der Waals surface area contributed by atoms with Crippen molar-refractivity contribution in [1.82, 2.24) is 57.0 Å². The normalized spacial score (nSPS) is 23.9. The molecule has 1 saturated heterocycles. The number of carbonyl (C=O) groups is 12. The molecule has 32 heteroatoms. The number of rotatable bonds is 31. The topological polar surface area (TPSA) is 454 Å². The van der Waals surface area contributed by atoms with E-state index < -0.39 is 155 Å². The molecule has 0 unspecified atom stereocenters. The molecule has 2 aromatic carbocycles. The number of nitrogens with one attached hydrogen (secondary N) is 8. The molecule has 2 bridgehead atoms. The van der Waals surface area contributed by atoms with Gasteiger partial charge in [-0.3, -0.25) is 62.4 Å². The van der Waals surface area contributed by atoms with E-state index >= 15 is 4.39 Å². The summed E-state index contributed by atoms with van der Waals surface area (Å²) in [6.07, 6.45) is -0.978. The number of aromatic nitrogens is 2. The molecule has 8 aliphatic rings. The molecule has 100 heavy (non-hydrogen) atoms. The number of nitrogens with zero attached hydrogens (tertiary/aromatic N) is 3. The Hall–Kier alpha value is -9.89. The number of hydrogen-bond donors (Lipinski definition) is 12. The van der Waals surface area contributed by atoms with Crippen molar-refractivity contribution in [3.05, 3.63) is 110 Å². The first kappa shape index (κ1) is 71.4. The van der Waals surface area contributed by atoms with Gasteiger partial charge in [0.2, 0.25) is 53.2 Å². The van der Waals surface area contributed by atoms with Crippen molar-refractivity contribution in [2.24, 2.45) is 11.1 Å². The van der Waals surface area contributed by atoms with Crippen molar-refractivity contribution in [1.29, 1.82) is 0 Å². The molecule has 0 spiro atoms. The zero-order valence-corrected chi connectivity index (χ0v) is 55.0. The van der Waals surface area contributed by atoms with Crippen molar-refractivity contribution < 1.29 is 91.5 Å². The Labute approximate surface area is 570 Å². The van der Waals surface area contributed by atoms with E-state index in [1.165, 1.54) is 10.6 Å². The van der Waals surface area contributed by atoms with Gasteiger partial charge in [-0.2, -0.15) is 0 Å². The maximum atomic E-state index is 15.6. The molecule has 532 valence electrons. The first-order valence-corrected chi connectivity index (χ1v) is 33.3. The van der Waals surface area contributed by atoms with E-state index in [1.807, 2.05) is 0 Å². The summed E-state index contributed by atoms with van der Waals surface area (Å²) < 4.78 is 33.9. The minimum atomic E-state index is -2.06. The van der Waals surface area contributed by atoms with Gasteiger partial charge in [0.15, 0.2) is 5.60 Å². The first-order valence-electron chi connectivity index (χ1n) is 33.3. The smallest absolute Gasteiger partial charge is 0.343 e. The Bertz CT molecular complexity index is 4090. The molecule has 8 atom stereocenters. The molecule has 12 rings (SSSR count). The Balaban J connectivity index is 0.635. The fourth-order valence-corrected chi connectivity index (χ4v) is 14.4. The van der Waals surface area contributed by atoms with Gasteiger partial charge in [-0.05, 0) is 93.0 Å². The number of aliphatic hydroxyl groups is 3. The lowest BCUT2D eigenvalue weighted by molar-refractivity contribution is -0.276. The first-order chi connectivity index (χ1) is 47.7. The molecule has 3 saturated carbocycles. The van der Waals surface area contributed by atoms with Crippen molar-refractivity contribution in [3.63, 3.8) is 0 Å². The lowest BCUT2D eigenvalue weighted by atomic mass is 9.40. The third kappa shape index (κ3) is 14.9. The number of primary amides is 1. The highest BCUT2D eigenvalue weighted by Gasteiger charge is 2.73. The molecule has 4 aliphatic carbocycles. The van der Waals surface area contributed by atoms with Crippen molar-refractivity contribution in [2.45, 2.75) is 171 Å². The Kier molecular flexibility index (Phi) is 21.1. The van der Waals surface area contributed by atoms with Crippen LogP contribution in [0.15, 0.2) is 59.4 Å². The van der Waals surface area contributed by atoms with Crippen LogP contribution in [0.4, 0.5) is 4.39 Å². The Morgan fingerprint density at radius 2 is 1.45 bits per heavy atom. The van der Waals surface area contributed by atoms with E-state index in [9.17, 15) is 77.6 Å². The number of hydrogen-bond acceptors (Lipinski definition) is 20. The van der Waals surface area contributed by atoms with Gasteiger partial charge in [-0.1, -0.05) is 43.7 Å². The zero-order chi connectivity index (χ0) is 71.5. The predicted molar refractivity (Wildman–Crippen MR) is 346 cm³/mol. The van der Waals surface area contributed by atoms with Crippen LogP contribution >= 0.6 is 0 Å². The summed E-state index contributed by atoms with van der Waals surface area (Å²) in [6.45, 7) is 0.737. The number of halogens is 1. The molecule has 2 aromatic heterocycles. The number of esters is 1. The molecule has 13 N–H and O–H groups in total. The van der Waals surface area contributed by atoms with Crippen LogP contribution in [0.1, 0.15) is 129 Å². The average molecular weight is 1390 g/mol. The quantitative estimate of drug-likeness (QED) is 0.00983. The molecule has 31 nitrogen and oxygen atoms in total. The van der Waals surface area contributed by atoms with E-state index in [1.54, 1.807) is 50.2 Å². The summed E-state index contributed by atoms with van der Waals surface area (Å²) >= 11 is 0. The number of aliphatic hydroxyl groups excluding tert-OH is 2. The summed E-state index contributed by atoms with van der Waals surface area (Å²) in [5.74, 6) is -8.40. The van der Waals surface area contributed by atoms with Gasteiger partial charge in [-0.15, -0.1) is 0 Å². The van der Waals surface area contributed by atoms with E-state index in [2.05, 4.69) is 42.5 Å². The number of nitrogens with two attached hydrogens (primary N) is 1. The van der Waals surface area contributed by atoms with Gasteiger partial charge < -0.3 is 82.4 Å². The second-order valence-corrected chi connectivity index (χ2v) is 26.6. The fourth-order valence-electron chi connectivity index (χ4n) is 14.4. The molecule has 0 radical (unpaired) electrons. The number of amides is 11. The maximum absolute atomic E-state index is 15.6. The van der Waals surface area contributed by atoms with Crippen LogP contribution in [-0.2, 0) is 103 Å². The summed E-state index contributed by atoms with van der Waals surface area (Å²) in [6, 6.07) is 8.37. The molecular weight excluding hydrogens is 1310 g/mol. The highest BCUT2D eigenvalue weighted by Crippen LogP contribution is 2.69. The SMILES string of the molecule is CC[C@@]1(O)C(=O)OCc2c1cc1n(c2=O)Cc2c-1nc1cc(F)c(C)c3c1c2[C@@H](NC(=O)C12CC(OCNC(=O)CNC(=O)[C@H](Cc4ccccc4)NC(=O)CNC(=O)CNC(=O)[C@H](CCC(=O)NC[C@H]4O[C@@H](CC(N)=O)[C@H](O)[C@@H]4O)NC(=O)CCCCCN4C(=O)C=CC4=O)(C1)C2)CC3. The number of cyclic esters (lactones) is 1. The summed E-state index contributed by atoms with van der Waals surface area (Å²) in [5, 5.41) is 53.6. The number of unbranched alkanes of at least 4 members (excludes halogenated alkanes) is 2. The van der Waals surface area contributed by atoms with Crippen molar-refractivity contribution >= 4 is 81.9 Å². The number of imide groups is 1. The van der Waals surface area contributed by atoms with Gasteiger partial charge in [0.1, 0.15) is 49.6 Å². The fraction of sp³-hybridized carbons (Fsp3) is 0.500. The molecule has 4 aromatic rings. The molecule has 4 aliphatic heterocycles.